The van der Waals surface area contributed by atoms with Gasteiger partial charge in [-0.15, -0.1) is 5.10 Å². The molecule has 2 aliphatic rings. The molecular formula is C32H32F2N4O4. The normalized spacial score (nSPS) is 19.3. The lowest BCUT2D eigenvalue weighted by atomic mass is 9.79. The zero-order chi connectivity index (χ0) is 29.9. The monoisotopic (exact) mass is 574 g/mol. The lowest BCUT2D eigenvalue weighted by Gasteiger charge is -2.36. The molecule has 218 valence electrons. The SMILES string of the molecule is COc1cc(C(=O)NCC2(c3cc(C(C)(C)O)c(F)c(-c4ccc(F)cc4)n3)OCCC23CC3)cc2cc(C)nnc12. The van der Waals surface area contributed by atoms with Gasteiger partial charge in [-0.1, -0.05) is 0 Å². The van der Waals surface area contributed by atoms with Crippen LogP contribution in [0.15, 0.2) is 48.5 Å². The smallest absolute Gasteiger partial charge is 0.251 e. The van der Waals surface area contributed by atoms with Crippen LogP contribution < -0.4 is 10.1 Å². The molecule has 1 atom stereocenters. The van der Waals surface area contributed by atoms with Gasteiger partial charge in [-0.05, 0) is 88.6 Å². The van der Waals surface area contributed by atoms with E-state index in [-0.39, 0.29) is 29.1 Å². The van der Waals surface area contributed by atoms with Crippen LogP contribution in [0.5, 0.6) is 5.75 Å². The topological polar surface area (TPSA) is 106 Å². The van der Waals surface area contributed by atoms with E-state index in [1.165, 1.54) is 45.2 Å². The van der Waals surface area contributed by atoms with Gasteiger partial charge < -0.3 is 19.9 Å². The summed E-state index contributed by atoms with van der Waals surface area (Å²) in [7, 11) is 1.51. The second kappa shape index (κ2) is 10.1. The van der Waals surface area contributed by atoms with Crippen molar-refractivity contribution >= 4 is 16.8 Å². The summed E-state index contributed by atoms with van der Waals surface area (Å²) in [6.07, 6.45) is 2.47. The number of hydrogen-bond acceptors (Lipinski definition) is 7. The van der Waals surface area contributed by atoms with Crippen LogP contribution in [0.25, 0.3) is 22.2 Å². The molecule has 1 spiro atoms. The molecule has 0 radical (unpaired) electrons. The standard InChI is InChI=1S/C32H32F2N4O4/c1-18-13-20-14-21(15-24(41-4)27(20)38-37-18)29(39)35-17-32(31(9-10-31)11-12-42-32)25-16-23(30(2,3)40)26(34)28(36-25)19-5-7-22(33)8-6-19/h5-8,13-16,40H,9-12,17H2,1-4H3,(H,35,39). The Bertz CT molecular complexity index is 1700. The average Bonchev–Trinajstić information content (AvgIpc) is 3.66. The minimum absolute atomic E-state index is 0.0163. The van der Waals surface area contributed by atoms with E-state index in [2.05, 4.69) is 15.5 Å². The van der Waals surface area contributed by atoms with Gasteiger partial charge in [-0.3, -0.25) is 4.79 Å². The average molecular weight is 575 g/mol. The number of aliphatic hydroxyl groups is 1. The number of ether oxygens (including phenoxy) is 2. The van der Waals surface area contributed by atoms with Gasteiger partial charge in [0, 0.05) is 34.1 Å². The van der Waals surface area contributed by atoms with E-state index in [1.54, 1.807) is 18.2 Å². The first-order valence-corrected chi connectivity index (χ1v) is 13.9. The second-order valence-electron chi connectivity index (χ2n) is 11.8. The molecule has 2 aromatic heterocycles. The molecule has 3 heterocycles. The Morgan fingerprint density at radius 2 is 1.83 bits per heavy atom. The van der Waals surface area contributed by atoms with Crippen molar-refractivity contribution in [3.63, 3.8) is 0 Å². The van der Waals surface area contributed by atoms with Crippen LogP contribution >= 0.6 is 0 Å². The fraction of sp³-hybridized carbons (Fsp3) is 0.375. The van der Waals surface area contributed by atoms with Crippen LogP contribution in [-0.4, -0.2) is 46.5 Å². The molecule has 1 aliphatic heterocycles. The van der Waals surface area contributed by atoms with Crippen molar-refractivity contribution in [1.82, 2.24) is 20.5 Å². The Kier molecular flexibility index (Phi) is 6.74. The summed E-state index contributed by atoms with van der Waals surface area (Å²) in [5, 5.41) is 23.0. The van der Waals surface area contributed by atoms with Crippen LogP contribution in [0.2, 0.25) is 0 Å². The number of pyridine rings is 1. The first kappa shape index (κ1) is 28.1. The van der Waals surface area contributed by atoms with Crippen molar-refractivity contribution in [2.75, 3.05) is 20.3 Å². The van der Waals surface area contributed by atoms with Gasteiger partial charge in [0.2, 0.25) is 0 Å². The molecule has 1 unspecified atom stereocenters. The van der Waals surface area contributed by atoms with E-state index >= 15 is 4.39 Å². The fourth-order valence-electron chi connectivity index (χ4n) is 6.06. The van der Waals surface area contributed by atoms with Crippen LogP contribution in [0.3, 0.4) is 0 Å². The van der Waals surface area contributed by atoms with Crippen LogP contribution in [0.4, 0.5) is 8.78 Å². The Morgan fingerprint density at radius 1 is 1.10 bits per heavy atom. The Morgan fingerprint density at radius 3 is 2.50 bits per heavy atom. The number of halogens is 2. The molecule has 1 aliphatic carbocycles. The number of aryl methyl sites for hydroxylation is 1. The molecule has 4 aromatic rings. The minimum Gasteiger partial charge on any atom is -0.494 e. The summed E-state index contributed by atoms with van der Waals surface area (Å²) in [5.74, 6) is -1.07. The summed E-state index contributed by atoms with van der Waals surface area (Å²) < 4.78 is 41.5. The Balaban J connectivity index is 1.42. The molecule has 2 N–H and O–H groups in total. The molecule has 6 rings (SSSR count). The minimum atomic E-state index is -1.54. The van der Waals surface area contributed by atoms with Crippen molar-refractivity contribution in [1.29, 1.82) is 0 Å². The van der Waals surface area contributed by atoms with E-state index in [0.29, 0.717) is 40.4 Å². The third kappa shape index (κ3) is 4.68. The summed E-state index contributed by atoms with van der Waals surface area (Å²) in [6.45, 7) is 5.34. The van der Waals surface area contributed by atoms with Gasteiger partial charge in [-0.2, -0.15) is 5.10 Å². The highest BCUT2D eigenvalue weighted by atomic mass is 19.1. The number of methoxy groups -OCH3 is 1. The van der Waals surface area contributed by atoms with Crippen molar-refractivity contribution in [3.05, 3.63) is 82.7 Å². The number of carbonyl (C=O) groups is 1. The lowest BCUT2D eigenvalue weighted by Crippen LogP contribution is -2.46. The molecule has 2 aromatic carbocycles. The number of benzene rings is 2. The largest absolute Gasteiger partial charge is 0.494 e. The number of hydrogen-bond donors (Lipinski definition) is 2. The number of carbonyl (C=O) groups excluding carboxylic acids is 1. The number of rotatable bonds is 7. The van der Waals surface area contributed by atoms with Gasteiger partial charge in [0.15, 0.2) is 5.82 Å². The van der Waals surface area contributed by atoms with E-state index in [4.69, 9.17) is 14.5 Å². The molecule has 1 saturated heterocycles. The first-order valence-electron chi connectivity index (χ1n) is 13.9. The Labute approximate surface area is 242 Å². The summed E-state index contributed by atoms with van der Waals surface area (Å²) >= 11 is 0. The van der Waals surface area contributed by atoms with E-state index in [0.717, 1.165) is 24.6 Å². The third-order valence-electron chi connectivity index (χ3n) is 8.54. The molecular weight excluding hydrogens is 542 g/mol. The first-order chi connectivity index (χ1) is 20.0. The maximum Gasteiger partial charge on any atom is 0.251 e. The maximum atomic E-state index is 15.9. The van der Waals surface area contributed by atoms with Crippen molar-refractivity contribution < 1.29 is 28.2 Å². The molecule has 8 nitrogen and oxygen atoms in total. The summed E-state index contributed by atoms with van der Waals surface area (Å²) in [4.78, 5) is 18.3. The quantitative estimate of drug-likeness (QED) is 0.307. The van der Waals surface area contributed by atoms with Gasteiger partial charge >= 0.3 is 0 Å². The predicted octanol–water partition coefficient (Wildman–Crippen LogP) is 5.34. The summed E-state index contributed by atoms with van der Waals surface area (Å²) in [5.41, 5.74) is -0.461. The second-order valence-corrected chi connectivity index (χ2v) is 11.8. The van der Waals surface area contributed by atoms with Crippen LogP contribution in [0.1, 0.15) is 60.4 Å². The predicted molar refractivity (Wildman–Crippen MR) is 152 cm³/mol. The van der Waals surface area contributed by atoms with Gasteiger partial charge in [-0.25, -0.2) is 13.8 Å². The van der Waals surface area contributed by atoms with Gasteiger partial charge in [0.25, 0.3) is 5.91 Å². The Hall–Kier alpha value is -4.02. The number of nitrogens with one attached hydrogen (secondary N) is 1. The zero-order valence-electron chi connectivity index (χ0n) is 23.9. The third-order valence-corrected chi connectivity index (χ3v) is 8.54. The number of amides is 1. The highest BCUT2D eigenvalue weighted by molar-refractivity contribution is 5.99. The maximum absolute atomic E-state index is 15.9. The van der Waals surface area contributed by atoms with Crippen molar-refractivity contribution in [2.45, 2.75) is 51.2 Å². The molecule has 2 fully saturated rings. The molecule has 42 heavy (non-hydrogen) atoms. The van der Waals surface area contributed by atoms with E-state index in [9.17, 15) is 14.3 Å². The van der Waals surface area contributed by atoms with Crippen molar-refractivity contribution in [3.8, 4) is 17.0 Å². The van der Waals surface area contributed by atoms with E-state index < -0.39 is 22.8 Å². The molecule has 1 saturated carbocycles. The number of nitrogens with zero attached hydrogens (tertiary/aromatic N) is 3. The molecule has 0 bridgehead atoms. The van der Waals surface area contributed by atoms with Crippen LogP contribution in [-0.2, 0) is 15.9 Å². The van der Waals surface area contributed by atoms with Crippen LogP contribution in [0, 0.1) is 24.0 Å². The van der Waals surface area contributed by atoms with Gasteiger partial charge in [0.1, 0.15) is 28.4 Å². The highest BCUT2D eigenvalue weighted by Gasteiger charge is 2.65. The number of aromatic nitrogens is 3. The van der Waals surface area contributed by atoms with E-state index in [1.807, 2.05) is 13.0 Å². The van der Waals surface area contributed by atoms with Crippen molar-refractivity contribution in [2.24, 2.45) is 5.41 Å². The summed E-state index contributed by atoms with van der Waals surface area (Å²) in [6, 6.07) is 12.1. The number of fused-ring (bicyclic) bond motifs is 1. The van der Waals surface area contributed by atoms with Gasteiger partial charge in [0.05, 0.1) is 30.6 Å². The molecule has 10 heteroatoms. The fourth-order valence-corrected chi connectivity index (χ4v) is 6.06. The zero-order valence-corrected chi connectivity index (χ0v) is 23.9. The highest BCUT2D eigenvalue weighted by Crippen LogP contribution is 2.65. The molecule has 1 amide bonds. The lowest BCUT2D eigenvalue weighted by molar-refractivity contribution is -0.0367.